The predicted molar refractivity (Wildman–Crippen MR) is 127 cm³/mol. The molecule has 1 aliphatic rings. The number of thiol groups is 1. The van der Waals surface area contributed by atoms with Crippen molar-refractivity contribution in [3.63, 3.8) is 0 Å². The first-order valence-electron chi connectivity index (χ1n) is 9.15. The summed E-state index contributed by atoms with van der Waals surface area (Å²) in [4.78, 5) is 20.2. The monoisotopic (exact) mass is 421 g/mol. The lowest BCUT2D eigenvalue weighted by molar-refractivity contribution is -0.114. The van der Waals surface area contributed by atoms with Crippen LogP contribution < -0.4 is 10.5 Å². The van der Waals surface area contributed by atoms with Gasteiger partial charge in [0.1, 0.15) is 11.4 Å². The maximum atomic E-state index is 10.9. The van der Waals surface area contributed by atoms with Crippen LogP contribution in [0.5, 0.6) is 5.75 Å². The summed E-state index contributed by atoms with van der Waals surface area (Å²) in [6, 6.07) is 5.77. The molecule has 154 valence electrons. The third-order valence-electron chi connectivity index (χ3n) is 3.14. The van der Waals surface area contributed by atoms with Gasteiger partial charge in [-0.25, -0.2) is 4.99 Å². The number of fused-ring (bicyclic) bond motifs is 1. The van der Waals surface area contributed by atoms with Crippen molar-refractivity contribution in [3.05, 3.63) is 51.9 Å². The second-order valence-corrected chi connectivity index (χ2v) is 7.15. The zero-order valence-corrected chi connectivity index (χ0v) is 19.1. The van der Waals surface area contributed by atoms with Gasteiger partial charge in [0, 0.05) is 19.2 Å². The Morgan fingerprint density at radius 1 is 1.39 bits per heavy atom. The Hall–Kier alpha value is -1.99. The summed E-state index contributed by atoms with van der Waals surface area (Å²) in [5.41, 5.74) is 7.30. The third kappa shape index (κ3) is 10.4. The number of primary amides is 1. The van der Waals surface area contributed by atoms with Crippen LogP contribution in [0.1, 0.15) is 45.7 Å². The van der Waals surface area contributed by atoms with E-state index in [-0.39, 0.29) is 5.70 Å². The van der Waals surface area contributed by atoms with Crippen LogP contribution in [0.3, 0.4) is 0 Å². The van der Waals surface area contributed by atoms with Crippen LogP contribution in [0.2, 0.25) is 0 Å². The van der Waals surface area contributed by atoms with E-state index in [0.29, 0.717) is 0 Å². The molecule has 1 aliphatic heterocycles. The molecule has 28 heavy (non-hydrogen) atoms. The standard InChI is InChI=1S/C12H12N2O2S.C7H13NS.C2H6/c13-12(15)10(7-17)14-6-8-1-2-11-9(5-8)3-4-16-11;1-5-8-7(4)9-6(2)3;1-2/h1-2,5-7,17H,3-4H2,(H2,13,15);2,5H2,1,3-4H3;1-2H3/b10-7-,14-6?;;. The van der Waals surface area contributed by atoms with Crippen molar-refractivity contribution in [2.24, 2.45) is 15.7 Å². The number of nitrogens with two attached hydrogens (primary N) is 1. The van der Waals surface area contributed by atoms with Crippen LogP contribution in [0.4, 0.5) is 0 Å². The van der Waals surface area contributed by atoms with E-state index in [2.05, 4.69) is 29.2 Å². The first-order valence-corrected chi connectivity index (χ1v) is 10.5. The Morgan fingerprint density at radius 2 is 2.07 bits per heavy atom. The lowest BCUT2D eigenvalue weighted by atomic mass is 10.1. The fraction of sp³-hybridized carbons (Fsp3) is 0.381. The maximum Gasteiger partial charge on any atom is 0.267 e. The number of hydrogen-bond acceptors (Lipinski definition) is 6. The normalized spacial score (nSPS) is 12.9. The van der Waals surface area contributed by atoms with Crippen molar-refractivity contribution >= 4 is 41.6 Å². The van der Waals surface area contributed by atoms with Crippen molar-refractivity contribution in [2.75, 3.05) is 13.2 Å². The molecular weight excluding hydrogens is 390 g/mol. The van der Waals surface area contributed by atoms with Gasteiger partial charge in [0.15, 0.2) is 0 Å². The largest absolute Gasteiger partial charge is 0.493 e. The molecule has 0 saturated carbocycles. The molecule has 0 aromatic heterocycles. The Balaban J connectivity index is 0.000000566. The lowest BCUT2D eigenvalue weighted by Crippen LogP contribution is -2.12. The lowest BCUT2D eigenvalue weighted by Gasteiger charge is -1.99. The quantitative estimate of drug-likeness (QED) is 0.303. The van der Waals surface area contributed by atoms with Crippen LogP contribution >= 0.6 is 24.4 Å². The molecule has 0 atom stereocenters. The molecule has 2 rings (SSSR count). The summed E-state index contributed by atoms with van der Waals surface area (Å²) in [5, 5.41) is 2.39. The predicted octanol–water partition coefficient (Wildman–Crippen LogP) is 5.01. The molecule has 0 bridgehead atoms. The molecule has 0 spiro atoms. The molecular formula is C21H31N3O2S2. The molecule has 2 N–H and O–H groups in total. The molecule has 1 amide bonds. The Kier molecular flexibility index (Phi) is 13.9. The molecule has 7 heteroatoms. The van der Waals surface area contributed by atoms with Gasteiger partial charge in [-0.3, -0.25) is 9.79 Å². The molecule has 0 saturated heterocycles. The van der Waals surface area contributed by atoms with E-state index in [9.17, 15) is 4.79 Å². The van der Waals surface area contributed by atoms with Crippen molar-refractivity contribution in [1.29, 1.82) is 0 Å². The molecule has 5 nitrogen and oxygen atoms in total. The summed E-state index contributed by atoms with van der Waals surface area (Å²) >= 11 is 5.50. The van der Waals surface area contributed by atoms with Gasteiger partial charge in [0.25, 0.3) is 5.91 Å². The van der Waals surface area contributed by atoms with Crippen molar-refractivity contribution in [2.45, 2.75) is 41.0 Å². The molecule has 0 aliphatic carbocycles. The number of amides is 1. The maximum absolute atomic E-state index is 10.9. The molecule has 1 heterocycles. The summed E-state index contributed by atoms with van der Waals surface area (Å²) < 4.78 is 5.40. The average Bonchev–Trinajstić information content (AvgIpc) is 3.11. The number of allylic oxidation sites excluding steroid dienone is 1. The Labute approximate surface area is 178 Å². The smallest absolute Gasteiger partial charge is 0.267 e. The van der Waals surface area contributed by atoms with Gasteiger partial charge < -0.3 is 10.5 Å². The van der Waals surface area contributed by atoms with Gasteiger partial charge in [0.05, 0.1) is 11.7 Å². The van der Waals surface area contributed by atoms with Gasteiger partial charge in [0.2, 0.25) is 0 Å². The van der Waals surface area contributed by atoms with E-state index in [1.807, 2.05) is 52.8 Å². The summed E-state index contributed by atoms with van der Waals surface area (Å²) in [6.45, 7) is 15.4. The second kappa shape index (κ2) is 15.0. The number of thioether (sulfide) groups is 1. The van der Waals surface area contributed by atoms with Crippen molar-refractivity contribution < 1.29 is 9.53 Å². The van der Waals surface area contributed by atoms with Gasteiger partial charge in [-0.05, 0) is 60.4 Å². The van der Waals surface area contributed by atoms with E-state index >= 15 is 0 Å². The average molecular weight is 422 g/mol. The van der Waals surface area contributed by atoms with Crippen LogP contribution in [-0.2, 0) is 11.2 Å². The molecule has 1 aromatic rings. The molecule has 0 unspecified atom stereocenters. The number of ether oxygens (including phenoxy) is 1. The van der Waals surface area contributed by atoms with Gasteiger partial charge in [-0.2, -0.15) is 0 Å². The highest BCUT2D eigenvalue weighted by molar-refractivity contribution is 8.17. The third-order valence-corrected chi connectivity index (χ3v) is 4.16. The second-order valence-electron chi connectivity index (χ2n) is 5.40. The fourth-order valence-corrected chi connectivity index (χ4v) is 2.99. The zero-order chi connectivity index (χ0) is 21.5. The molecule has 0 radical (unpaired) electrons. The van der Waals surface area contributed by atoms with Crippen LogP contribution in [-0.4, -0.2) is 30.3 Å². The van der Waals surface area contributed by atoms with E-state index in [0.717, 1.165) is 46.4 Å². The summed E-state index contributed by atoms with van der Waals surface area (Å²) in [7, 11) is 0. The van der Waals surface area contributed by atoms with E-state index in [1.165, 1.54) is 5.41 Å². The minimum atomic E-state index is -0.597. The molecule has 0 fully saturated rings. The minimum absolute atomic E-state index is 0.130. The highest BCUT2D eigenvalue weighted by atomic mass is 32.2. The molecule has 1 aromatic carbocycles. The number of carbonyl (C=O) groups excluding carboxylic acids is 1. The number of hydrogen-bond donors (Lipinski definition) is 2. The van der Waals surface area contributed by atoms with Gasteiger partial charge >= 0.3 is 0 Å². The van der Waals surface area contributed by atoms with Gasteiger partial charge in [-0.15, -0.1) is 12.6 Å². The first-order chi connectivity index (χ1) is 13.4. The Morgan fingerprint density at radius 3 is 2.61 bits per heavy atom. The van der Waals surface area contributed by atoms with E-state index in [1.54, 1.807) is 18.0 Å². The van der Waals surface area contributed by atoms with Crippen molar-refractivity contribution in [3.8, 4) is 5.75 Å². The number of aliphatic imine (C=N–C) groups is 2. The van der Waals surface area contributed by atoms with Gasteiger partial charge in [-0.1, -0.05) is 32.2 Å². The topological polar surface area (TPSA) is 77.0 Å². The zero-order valence-electron chi connectivity index (χ0n) is 17.4. The minimum Gasteiger partial charge on any atom is -0.493 e. The number of benzene rings is 1. The van der Waals surface area contributed by atoms with Crippen LogP contribution in [0, 0.1) is 0 Å². The first kappa shape index (κ1) is 26.0. The number of rotatable bonds is 5. The van der Waals surface area contributed by atoms with Crippen molar-refractivity contribution in [1.82, 2.24) is 0 Å². The highest BCUT2D eigenvalue weighted by Crippen LogP contribution is 2.25. The SMILES string of the molecule is C=C(C)SC(C)=NCC.CC.NC(=O)/C(=C/S)N=Cc1ccc2c(c1)CCO2. The van der Waals surface area contributed by atoms with Crippen LogP contribution in [0.25, 0.3) is 0 Å². The fourth-order valence-electron chi connectivity index (χ4n) is 2.10. The number of nitrogens with zero attached hydrogens (tertiary/aromatic N) is 2. The highest BCUT2D eigenvalue weighted by Gasteiger charge is 2.11. The van der Waals surface area contributed by atoms with E-state index < -0.39 is 5.91 Å². The van der Waals surface area contributed by atoms with Crippen LogP contribution in [0.15, 0.2) is 50.8 Å². The summed E-state index contributed by atoms with van der Waals surface area (Å²) in [5.74, 6) is 0.322. The van der Waals surface area contributed by atoms with E-state index in [4.69, 9.17) is 10.5 Å². The summed E-state index contributed by atoms with van der Waals surface area (Å²) in [6.07, 6.45) is 2.49. The number of carbonyl (C=O) groups is 1. The Bertz CT molecular complexity index is 741.